The molecule has 0 aliphatic carbocycles. The Hall–Kier alpha value is -1.51. The van der Waals surface area contributed by atoms with E-state index in [2.05, 4.69) is 15.0 Å². The van der Waals surface area contributed by atoms with Crippen LogP contribution in [0.25, 0.3) is 0 Å². The number of rotatable bonds is 6. The molecule has 0 saturated carbocycles. The van der Waals surface area contributed by atoms with E-state index in [1.54, 1.807) is 0 Å². The lowest BCUT2D eigenvalue weighted by atomic mass is 10.3. The molecule has 0 amide bonds. The predicted octanol–water partition coefficient (Wildman–Crippen LogP) is 3.45. The van der Waals surface area contributed by atoms with Crippen molar-refractivity contribution in [1.82, 2.24) is 10.3 Å². The number of hydrogen-bond acceptors (Lipinski definition) is 3. The van der Waals surface area contributed by atoms with Gasteiger partial charge in [0, 0.05) is 18.8 Å². The van der Waals surface area contributed by atoms with Gasteiger partial charge in [-0.1, -0.05) is 6.92 Å². The number of halogens is 6. The maximum Gasteiger partial charge on any atom is 0.434 e. The highest BCUT2D eigenvalue weighted by Crippen LogP contribution is 2.36. The third-order valence-corrected chi connectivity index (χ3v) is 2.37. The van der Waals surface area contributed by atoms with E-state index >= 15 is 0 Å². The molecule has 3 nitrogen and oxygen atoms in total. The zero-order valence-electron chi connectivity index (χ0n) is 11.1. The Labute approximate surface area is 117 Å². The molecule has 21 heavy (non-hydrogen) atoms. The average Bonchev–Trinajstić information content (AvgIpc) is 2.34. The molecule has 0 atom stereocenters. The highest BCUT2D eigenvalue weighted by molar-refractivity contribution is 5.23. The summed E-state index contributed by atoms with van der Waals surface area (Å²) in [6, 6.07) is 2.00. The van der Waals surface area contributed by atoms with Gasteiger partial charge in [0.25, 0.3) is 6.10 Å². The van der Waals surface area contributed by atoms with Gasteiger partial charge in [-0.15, -0.1) is 0 Å². The normalized spacial score (nSPS) is 12.8. The zero-order chi connectivity index (χ0) is 16.1. The Morgan fingerprint density at radius 1 is 1.19 bits per heavy atom. The van der Waals surface area contributed by atoms with Gasteiger partial charge in [-0.2, -0.15) is 26.3 Å². The number of nitrogens with one attached hydrogen (secondary N) is 1. The number of aromatic nitrogens is 1. The van der Waals surface area contributed by atoms with Crippen LogP contribution in [0.4, 0.5) is 26.3 Å². The van der Waals surface area contributed by atoms with Gasteiger partial charge in [-0.25, -0.2) is 0 Å². The largest absolute Gasteiger partial charge is 0.471 e. The third-order valence-electron chi connectivity index (χ3n) is 2.37. The summed E-state index contributed by atoms with van der Waals surface area (Å²) in [6.07, 6.45) is -13.0. The first-order valence-electron chi connectivity index (χ1n) is 6.10. The smallest absolute Gasteiger partial charge is 0.434 e. The zero-order valence-corrected chi connectivity index (χ0v) is 11.1. The Bertz CT molecular complexity index is 432. The SMILES string of the molecule is CCCNCc1cc(OC(C(F)(F)F)C(F)(F)F)ccn1. The number of alkyl halides is 6. The fraction of sp³-hybridized carbons (Fsp3) is 0.583. The molecule has 0 radical (unpaired) electrons. The van der Waals surface area contributed by atoms with Gasteiger partial charge >= 0.3 is 12.4 Å². The van der Waals surface area contributed by atoms with Crippen LogP contribution in [0.3, 0.4) is 0 Å². The quantitative estimate of drug-likeness (QED) is 0.645. The molecule has 0 saturated heterocycles. The number of nitrogens with zero attached hydrogens (tertiary/aromatic N) is 1. The summed E-state index contributed by atoms with van der Waals surface area (Å²) in [6.45, 7) is 2.80. The minimum Gasteiger partial charge on any atom is -0.471 e. The lowest BCUT2D eigenvalue weighted by Gasteiger charge is -2.23. The molecule has 1 N–H and O–H groups in total. The van der Waals surface area contributed by atoms with Crippen LogP contribution < -0.4 is 10.1 Å². The summed E-state index contributed by atoms with van der Waals surface area (Å²) in [5.74, 6) is -0.530. The lowest BCUT2D eigenvalue weighted by Crippen LogP contribution is -2.46. The summed E-state index contributed by atoms with van der Waals surface area (Å²) in [5, 5.41) is 2.93. The summed E-state index contributed by atoms with van der Waals surface area (Å²) < 4.78 is 78.3. The molecule has 0 unspecified atom stereocenters. The Morgan fingerprint density at radius 2 is 1.81 bits per heavy atom. The van der Waals surface area contributed by atoms with Crippen molar-refractivity contribution < 1.29 is 31.1 Å². The molecule has 0 bridgehead atoms. The Morgan fingerprint density at radius 3 is 2.33 bits per heavy atom. The standard InChI is InChI=1S/C12H14F6N2O/c1-2-4-19-7-8-6-9(3-5-20-8)21-10(11(13,14)15)12(16,17)18/h3,5-6,10,19H,2,4,7H2,1H3. The molecular weight excluding hydrogens is 302 g/mol. The van der Waals surface area contributed by atoms with Crippen LogP contribution in [0.5, 0.6) is 5.75 Å². The van der Waals surface area contributed by atoms with Gasteiger partial charge < -0.3 is 10.1 Å². The number of pyridine rings is 1. The average molecular weight is 316 g/mol. The highest BCUT2D eigenvalue weighted by atomic mass is 19.4. The molecule has 120 valence electrons. The molecule has 1 aromatic rings. The topological polar surface area (TPSA) is 34.1 Å². The van der Waals surface area contributed by atoms with Crippen LogP contribution in [0, 0.1) is 0 Å². The Kier molecular flexibility index (Phi) is 5.82. The van der Waals surface area contributed by atoms with E-state index in [0.717, 1.165) is 24.8 Å². The van der Waals surface area contributed by atoms with E-state index in [1.807, 2.05) is 6.92 Å². The molecule has 0 spiro atoms. The van der Waals surface area contributed by atoms with Crippen LogP contribution in [0.15, 0.2) is 18.3 Å². The van der Waals surface area contributed by atoms with E-state index in [4.69, 9.17) is 0 Å². The molecule has 1 rings (SSSR count). The molecule has 1 heterocycles. The van der Waals surface area contributed by atoms with Crippen molar-refractivity contribution in [2.75, 3.05) is 6.54 Å². The maximum absolute atomic E-state index is 12.4. The Balaban J connectivity index is 2.83. The molecule has 1 aromatic heterocycles. The van der Waals surface area contributed by atoms with Crippen molar-refractivity contribution in [1.29, 1.82) is 0 Å². The number of ether oxygens (including phenoxy) is 1. The van der Waals surface area contributed by atoms with E-state index in [1.165, 1.54) is 0 Å². The fourth-order valence-corrected chi connectivity index (χ4v) is 1.47. The number of hydrogen-bond donors (Lipinski definition) is 1. The van der Waals surface area contributed by atoms with E-state index in [-0.39, 0.29) is 6.54 Å². The summed E-state index contributed by atoms with van der Waals surface area (Å²) >= 11 is 0. The third kappa shape index (κ3) is 5.78. The van der Waals surface area contributed by atoms with Crippen molar-refractivity contribution in [3.63, 3.8) is 0 Å². The van der Waals surface area contributed by atoms with E-state index < -0.39 is 24.2 Å². The fourth-order valence-electron chi connectivity index (χ4n) is 1.47. The van der Waals surface area contributed by atoms with Gasteiger partial charge in [-0.05, 0) is 19.0 Å². The highest BCUT2D eigenvalue weighted by Gasteiger charge is 2.59. The second kappa shape index (κ2) is 6.97. The molecule has 0 aliphatic heterocycles. The van der Waals surface area contributed by atoms with E-state index in [9.17, 15) is 26.3 Å². The van der Waals surface area contributed by atoms with Crippen LogP contribution in [0.1, 0.15) is 19.0 Å². The molecular formula is C12H14F6N2O. The van der Waals surface area contributed by atoms with Crippen LogP contribution >= 0.6 is 0 Å². The first kappa shape index (κ1) is 17.5. The van der Waals surface area contributed by atoms with Gasteiger partial charge in [0.05, 0.1) is 5.69 Å². The molecule has 9 heteroatoms. The van der Waals surface area contributed by atoms with Gasteiger partial charge in [-0.3, -0.25) is 4.98 Å². The van der Waals surface area contributed by atoms with Crippen LogP contribution in [0.2, 0.25) is 0 Å². The van der Waals surface area contributed by atoms with E-state index in [0.29, 0.717) is 12.2 Å². The molecule has 0 aliphatic rings. The first-order valence-corrected chi connectivity index (χ1v) is 6.10. The van der Waals surface area contributed by atoms with Gasteiger partial charge in [0.2, 0.25) is 0 Å². The van der Waals surface area contributed by atoms with Crippen molar-refractivity contribution in [3.05, 3.63) is 24.0 Å². The second-order valence-corrected chi connectivity index (χ2v) is 4.24. The molecule has 0 aromatic carbocycles. The van der Waals surface area contributed by atoms with Crippen molar-refractivity contribution in [2.24, 2.45) is 0 Å². The van der Waals surface area contributed by atoms with Crippen LogP contribution in [-0.2, 0) is 6.54 Å². The van der Waals surface area contributed by atoms with Crippen LogP contribution in [-0.4, -0.2) is 30.0 Å². The lowest BCUT2D eigenvalue weighted by molar-refractivity contribution is -0.299. The van der Waals surface area contributed by atoms with Crippen molar-refractivity contribution in [2.45, 2.75) is 38.3 Å². The van der Waals surface area contributed by atoms with Gasteiger partial charge in [0.15, 0.2) is 0 Å². The predicted molar refractivity (Wildman–Crippen MR) is 62.8 cm³/mol. The second-order valence-electron chi connectivity index (χ2n) is 4.24. The minimum atomic E-state index is -5.54. The maximum atomic E-state index is 12.4. The van der Waals surface area contributed by atoms with Gasteiger partial charge in [0.1, 0.15) is 5.75 Å². The summed E-state index contributed by atoms with van der Waals surface area (Å²) in [4.78, 5) is 3.84. The summed E-state index contributed by atoms with van der Waals surface area (Å²) in [7, 11) is 0. The monoisotopic (exact) mass is 316 g/mol. The van der Waals surface area contributed by atoms with Crippen molar-refractivity contribution in [3.8, 4) is 5.75 Å². The van der Waals surface area contributed by atoms with Crippen molar-refractivity contribution >= 4 is 0 Å². The summed E-state index contributed by atoms with van der Waals surface area (Å²) in [5.41, 5.74) is 0.295. The first-order chi connectivity index (χ1) is 9.64. The minimum absolute atomic E-state index is 0.230. The molecule has 0 fully saturated rings.